The Morgan fingerprint density at radius 1 is 1.31 bits per heavy atom. The summed E-state index contributed by atoms with van der Waals surface area (Å²) >= 11 is 0. The Hall–Kier alpha value is -0.940. The molecule has 0 radical (unpaired) electrons. The molecule has 0 amide bonds. The van der Waals surface area contributed by atoms with E-state index in [-0.39, 0.29) is 35.5 Å². The van der Waals surface area contributed by atoms with Crippen LogP contribution in [0.15, 0.2) is 23.2 Å². The fourth-order valence-corrected chi connectivity index (χ4v) is 4.57. The molecule has 29 heavy (non-hydrogen) atoms. The van der Waals surface area contributed by atoms with Crippen molar-refractivity contribution >= 4 is 39.8 Å². The van der Waals surface area contributed by atoms with Crippen LogP contribution in [-0.2, 0) is 22.1 Å². The van der Waals surface area contributed by atoms with E-state index >= 15 is 0 Å². The highest BCUT2D eigenvalue weighted by Crippen LogP contribution is 2.18. The van der Waals surface area contributed by atoms with Crippen LogP contribution in [0.5, 0.6) is 0 Å². The Kier molecular flexibility index (Phi) is 10.8. The van der Waals surface area contributed by atoms with Crippen molar-refractivity contribution in [3.8, 4) is 0 Å². The predicted octanol–water partition coefficient (Wildman–Crippen LogP) is 2.92. The predicted molar refractivity (Wildman–Crippen MR) is 128 cm³/mol. The first-order valence-corrected chi connectivity index (χ1v) is 11.9. The molecular weight excluding hydrogens is 506 g/mol. The van der Waals surface area contributed by atoms with Gasteiger partial charge in [0.15, 0.2) is 15.8 Å². The molecule has 1 aliphatic heterocycles. The Bertz CT molecular complexity index is 789. The highest BCUT2D eigenvalue weighted by molar-refractivity contribution is 14.0. The molecule has 1 fully saturated rings. The van der Waals surface area contributed by atoms with Crippen molar-refractivity contribution in [2.24, 2.45) is 4.99 Å². The van der Waals surface area contributed by atoms with Crippen LogP contribution in [0.2, 0.25) is 0 Å². The monoisotopic (exact) mass is 540 g/mol. The summed E-state index contributed by atoms with van der Waals surface area (Å²) in [6.07, 6.45) is 4.95. The van der Waals surface area contributed by atoms with E-state index in [9.17, 15) is 12.8 Å². The highest BCUT2D eigenvalue weighted by Gasteiger charge is 2.23. The zero-order valence-corrected chi connectivity index (χ0v) is 20.9. The molecule has 1 aromatic rings. The molecule has 2 atom stereocenters. The summed E-state index contributed by atoms with van der Waals surface area (Å²) in [4.78, 5) is 6.74. The Balaban J connectivity index is 0.00000420. The van der Waals surface area contributed by atoms with Gasteiger partial charge in [0, 0.05) is 38.5 Å². The molecule has 0 aromatic heterocycles. The Morgan fingerprint density at radius 3 is 2.66 bits per heavy atom. The molecule has 0 bridgehead atoms. The summed E-state index contributed by atoms with van der Waals surface area (Å²) in [6, 6.07) is 5.16. The lowest BCUT2D eigenvalue weighted by atomic mass is 10.0. The van der Waals surface area contributed by atoms with Crippen LogP contribution in [-0.4, -0.2) is 57.8 Å². The first kappa shape index (κ1) is 26.1. The Morgan fingerprint density at radius 2 is 2.03 bits per heavy atom. The largest absolute Gasteiger partial charge is 0.355 e. The van der Waals surface area contributed by atoms with Crippen LogP contribution in [0, 0.1) is 5.82 Å². The van der Waals surface area contributed by atoms with E-state index < -0.39 is 9.84 Å². The van der Waals surface area contributed by atoms with Gasteiger partial charge in [-0.1, -0.05) is 12.5 Å². The molecule has 1 aromatic carbocycles. The minimum Gasteiger partial charge on any atom is -0.355 e. The van der Waals surface area contributed by atoms with Gasteiger partial charge in [-0.05, 0) is 56.5 Å². The number of sulfone groups is 1. The van der Waals surface area contributed by atoms with E-state index in [1.54, 1.807) is 7.05 Å². The molecule has 1 saturated heterocycles. The molecule has 2 rings (SSSR count). The van der Waals surface area contributed by atoms with Gasteiger partial charge >= 0.3 is 0 Å². The number of rotatable bonds is 7. The zero-order valence-electron chi connectivity index (χ0n) is 17.7. The smallest absolute Gasteiger partial charge is 0.191 e. The van der Waals surface area contributed by atoms with Crippen LogP contribution < -0.4 is 10.6 Å². The third-order valence-corrected chi connectivity index (χ3v) is 6.08. The van der Waals surface area contributed by atoms with E-state index in [1.807, 2.05) is 0 Å². The first-order chi connectivity index (χ1) is 13.2. The first-order valence-electron chi connectivity index (χ1n) is 9.85. The minimum absolute atomic E-state index is 0. The van der Waals surface area contributed by atoms with Crippen LogP contribution in [0.3, 0.4) is 0 Å². The Labute approximate surface area is 191 Å². The third kappa shape index (κ3) is 8.75. The van der Waals surface area contributed by atoms with Crippen molar-refractivity contribution in [2.75, 3.05) is 26.4 Å². The molecule has 0 saturated carbocycles. The van der Waals surface area contributed by atoms with Crippen LogP contribution in [0.4, 0.5) is 4.39 Å². The maximum absolute atomic E-state index is 13.7. The number of hydrogen-bond donors (Lipinski definition) is 2. The van der Waals surface area contributed by atoms with Crippen LogP contribution in [0.1, 0.15) is 44.2 Å². The van der Waals surface area contributed by atoms with Crippen molar-refractivity contribution in [3.05, 3.63) is 35.1 Å². The lowest BCUT2D eigenvalue weighted by Gasteiger charge is -2.38. The SMILES string of the molecule is CN=C(NCc1cc(F)ccc1CS(C)(=O)=O)NCC(C)N1CCCCC1C.I. The van der Waals surface area contributed by atoms with Gasteiger partial charge in [0.1, 0.15) is 5.82 Å². The third-order valence-electron chi connectivity index (χ3n) is 5.24. The molecular formula is C20H34FIN4O2S. The van der Waals surface area contributed by atoms with Crippen molar-refractivity contribution in [3.63, 3.8) is 0 Å². The molecule has 2 unspecified atom stereocenters. The van der Waals surface area contributed by atoms with Gasteiger partial charge in [0.25, 0.3) is 0 Å². The van der Waals surface area contributed by atoms with Crippen molar-refractivity contribution in [1.29, 1.82) is 0 Å². The number of nitrogens with zero attached hydrogens (tertiary/aromatic N) is 2. The molecule has 1 heterocycles. The van der Waals surface area contributed by atoms with Gasteiger partial charge in [-0.15, -0.1) is 24.0 Å². The van der Waals surface area contributed by atoms with E-state index in [1.165, 1.54) is 43.7 Å². The number of guanidine groups is 1. The summed E-state index contributed by atoms with van der Waals surface area (Å²) in [5.74, 6) is 0.121. The van der Waals surface area contributed by atoms with Gasteiger partial charge in [0.05, 0.1) is 5.75 Å². The van der Waals surface area contributed by atoms with Crippen LogP contribution in [0.25, 0.3) is 0 Å². The maximum Gasteiger partial charge on any atom is 0.191 e. The van der Waals surface area contributed by atoms with E-state index in [0.717, 1.165) is 13.1 Å². The van der Waals surface area contributed by atoms with Crippen molar-refractivity contribution in [2.45, 2.75) is 57.5 Å². The maximum atomic E-state index is 13.7. The number of hydrogen-bond acceptors (Lipinski definition) is 4. The second kappa shape index (κ2) is 12.0. The van der Waals surface area contributed by atoms with Crippen molar-refractivity contribution in [1.82, 2.24) is 15.5 Å². The normalized spacial score (nSPS) is 19.3. The molecule has 1 aliphatic rings. The molecule has 2 N–H and O–H groups in total. The fraction of sp³-hybridized carbons (Fsp3) is 0.650. The highest BCUT2D eigenvalue weighted by atomic mass is 127. The topological polar surface area (TPSA) is 73.8 Å². The summed E-state index contributed by atoms with van der Waals surface area (Å²) < 4.78 is 36.9. The number of benzene rings is 1. The van der Waals surface area contributed by atoms with Gasteiger partial charge in [-0.2, -0.15) is 0 Å². The summed E-state index contributed by atoms with van der Waals surface area (Å²) in [5.41, 5.74) is 1.22. The molecule has 166 valence electrons. The second-order valence-corrected chi connectivity index (χ2v) is 9.86. The van der Waals surface area contributed by atoms with Gasteiger partial charge in [-0.3, -0.25) is 9.89 Å². The van der Waals surface area contributed by atoms with Gasteiger partial charge in [-0.25, -0.2) is 12.8 Å². The average Bonchev–Trinajstić information content (AvgIpc) is 2.63. The summed E-state index contributed by atoms with van der Waals surface area (Å²) in [5, 5.41) is 6.49. The van der Waals surface area contributed by atoms with E-state index in [0.29, 0.717) is 35.7 Å². The van der Waals surface area contributed by atoms with Gasteiger partial charge in [0.2, 0.25) is 0 Å². The molecule has 6 nitrogen and oxygen atoms in total. The zero-order chi connectivity index (χ0) is 20.7. The number of piperidine rings is 1. The van der Waals surface area contributed by atoms with E-state index in [4.69, 9.17) is 0 Å². The minimum atomic E-state index is -3.20. The lowest BCUT2D eigenvalue weighted by molar-refractivity contribution is 0.115. The number of nitrogens with one attached hydrogen (secondary N) is 2. The van der Waals surface area contributed by atoms with Gasteiger partial charge < -0.3 is 10.6 Å². The molecule has 0 aliphatic carbocycles. The number of aliphatic imine (C=N–C) groups is 1. The summed E-state index contributed by atoms with van der Waals surface area (Å²) in [7, 11) is -1.51. The average molecular weight is 540 g/mol. The van der Waals surface area contributed by atoms with E-state index in [2.05, 4.69) is 34.4 Å². The second-order valence-electron chi connectivity index (χ2n) is 7.72. The van der Waals surface area contributed by atoms with Crippen molar-refractivity contribution < 1.29 is 12.8 Å². The molecule has 0 spiro atoms. The number of halogens is 2. The lowest BCUT2D eigenvalue weighted by Crippen LogP contribution is -2.50. The summed E-state index contributed by atoms with van der Waals surface area (Å²) in [6.45, 7) is 6.66. The number of likely N-dealkylation sites (tertiary alicyclic amines) is 1. The van der Waals surface area contributed by atoms with Crippen LogP contribution >= 0.6 is 24.0 Å². The fourth-order valence-electron chi connectivity index (χ4n) is 3.72. The standard InChI is InChI=1S/C20H33FN4O2S.HI/c1-15-7-5-6-10-25(15)16(2)12-23-20(22-3)24-13-18-11-19(21)9-8-17(18)14-28(4,26)27;/h8-9,11,15-16H,5-7,10,12-14H2,1-4H3,(H2,22,23,24);1H. The molecule has 9 heteroatoms. The quantitative estimate of drug-likeness (QED) is 0.316.